The summed E-state index contributed by atoms with van der Waals surface area (Å²) in [5.74, 6) is -2.05. The number of carboxylic acid groups (broad SMARTS) is 3. The highest BCUT2D eigenvalue weighted by Crippen LogP contribution is 2.12. The number of carbonyl (C=O) groups is 3. The molecule has 0 aromatic carbocycles. The quantitative estimate of drug-likeness (QED) is 0.168. The molecule has 0 rings (SSSR count). The van der Waals surface area contributed by atoms with Gasteiger partial charge in [-0.3, -0.25) is 14.4 Å². The summed E-state index contributed by atoms with van der Waals surface area (Å²) in [6, 6.07) is 0. The molecule has 0 unspecified atom stereocenters. The molecular formula is C24H46O6. The molecule has 0 spiro atoms. The van der Waals surface area contributed by atoms with E-state index in [4.69, 9.17) is 15.3 Å². The van der Waals surface area contributed by atoms with Crippen LogP contribution in [0.1, 0.15) is 135 Å². The van der Waals surface area contributed by atoms with Gasteiger partial charge in [0.05, 0.1) is 0 Å². The van der Waals surface area contributed by atoms with E-state index in [0.29, 0.717) is 19.3 Å². The van der Waals surface area contributed by atoms with Crippen LogP contribution in [0.15, 0.2) is 0 Å². The van der Waals surface area contributed by atoms with Crippen molar-refractivity contribution in [2.75, 3.05) is 0 Å². The molecule has 0 heterocycles. The third kappa shape index (κ3) is 34.0. The van der Waals surface area contributed by atoms with Gasteiger partial charge in [-0.05, 0) is 19.3 Å². The van der Waals surface area contributed by atoms with Crippen LogP contribution in [0.4, 0.5) is 0 Å². The van der Waals surface area contributed by atoms with E-state index in [1.54, 1.807) is 0 Å². The molecule has 0 radical (unpaired) electrons. The second-order valence-corrected chi connectivity index (χ2v) is 8.09. The third-order valence-corrected chi connectivity index (χ3v) is 5.03. The predicted molar refractivity (Wildman–Crippen MR) is 121 cm³/mol. The zero-order chi connectivity index (χ0) is 22.9. The minimum Gasteiger partial charge on any atom is -0.481 e. The van der Waals surface area contributed by atoms with E-state index in [9.17, 15) is 14.4 Å². The largest absolute Gasteiger partial charge is 0.481 e. The minimum atomic E-state index is -0.692. The Labute approximate surface area is 183 Å². The Kier molecular flexibility index (Phi) is 26.0. The van der Waals surface area contributed by atoms with Crippen LogP contribution in [0.2, 0.25) is 0 Å². The van der Waals surface area contributed by atoms with Crippen molar-refractivity contribution in [3.8, 4) is 0 Å². The number of rotatable bonds is 21. The highest BCUT2D eigenvalue weighted by Gasteiger charge is 1.98. The van der Waals surface area contributed by atoms with Crippen LogP contribution in [0.25, 0.3) is 0 Å². The van der Waals surface area contributed by atoms with Crippen LogP contribution in [-0.2, 0) is 14.4 Å². The lowest BCUT2D eigenvalue weighted by atomic mass is 10.0. The Morgan fingerprint density at radius 2 is 0.600 bits per heavy atom. The first-order valence-corrected chi connectivity index (χ1v) is 12.1. The van der Waals surface area contributed by atoms with E-state index in [1.807, 2.05) is 0 Å². The van der Waals surface area contributed by atoms with Gasteiger partial charge in [0.15, 0.2) is 0 Å². The molecule has 0 bridgehead atoms. The number of carboxylic acids is 3. The van der Waals surface area contributed by atoms with Crippen molar-refractivity contribution in [2.45, 2.75) is 135 Å². The van der Waals surface area contributed by atoms with E-state index >= 15 is 0 Å². The standard InChI is InChI=1S/C15H28O4.C9H18O2/c16-14(17)12-10-8-6-4-2-1-3-5-7-9-11-13-15(18)19;1-2-3-4-5-6-7-8-9(10)11/h1-13H2,(H,16,17)(H,18,19);2-8H2,1H3,(H,10,11). The van der Waals surface area contributed by atoms with Crippen molar-refractivity contribution in [3.05, 3.63) is 0 Å². The highest BCUT2D eigenvalue weighted by atomic mass is 16.4. The molecule has 178 valence electrons. The zero-order valence-electron chi connectivity index (χ0n) is 19.2. The normalized spacial score (nSPS) is 10.3. The molecule has 6 heteroatoms. The molecule has 0 aliphatic carbocycles. The average Bonchev–Trinajstić information content (AvgIpc) is 2.68. The van der Waals surface area contributed by atoms with E-state index in [1.165, 1.54) is 57.8 Å². The van der Waals surface area contributed by atoms with Crippen LogP contribution in [0.3, 0.4) is 0 Å². The molecule has 0 amide bonds. The maximum atomic E-state index is 10.3. The molecule has 30 heavy (non-hydrogen) atoms. The van der Waals surface area contributed by atoms with Crippen molar-refractivity contribution in [1.82, 2.24) is 0 Å². The number of hydrogen-bond acceptors (Lipinski definition) is 3. The van der Waals surface area contributed by atoms with E-state index in [2.05, 4.69) is 6.92 Å². The predicted octanol–water partition coefficient (Wildman–Crippen LogP) is 7.05. The molecule has 0 aliphatic heterocycles. The van der Waals surface area contributed by atoms with Gasteiger partial charge in [0.1, 0.15) is 0 Å². The summed E-state index contributed by atoms with van der Waals surface area (Å²) in [6.45, 7) is 2.18. The summed E-state index contributed by atoms with van der Waals surface area (Å²) in [7, 11) is 0. The molecule has 0 aromatic heterocycles. The lowest BCUT2D eigenvalue weighted by Gasteiger charge is -2.02. The lowest BCUT2D eigenvalue weighted by Crippen LogP contribution is -1.93. The molecule has 0 fully saturated rings. The second kappa shape index (κ2) is 25.4. The number of aliphatic carboxylic acids is 3. The fourth-order valence-electron chi connectivity index (χ4n) is 3.20. The van der Waals surface area contributed by atoms with Gasteiger partial charge in [-0.1, -0.05) is 96.8 Å². The van der Waals surface area contributed by atoms with E-state index in [0.717, 1.165) is 51.4 Å². The van der Waals surface area contributed by atoms with Gasteiger partial charge in [0.25, 0.3) is 0 Å². The lowest BCUT2D eigenvalue weighted by molar-refractivity contribution is -0.138. The van der Waals surface area contributed by atoms with Gasteiger partial charge in [-0.15, -0.1) is 0 Å². The van der Waals surface area contributed by atoms with Gasteiger partial charge in [-0.25, -0.2) is 0 Å². The Balaban J connectivity index is 0. The zero-order valence-corrected chi connectivity index (χ0v) is 19.2. The topological polar surface area (TPSA) is 112 Å². The first-order valence-electron chi connectivity index (χ1n) is 12.1. The highest BCUT2D eigenvalue weighted by molar-refractivity contribution is 5.67. The van der Waals surface area contributed by atoms with Crippen LogP contribution in [0.5, 0.6) is 0 Å². The van der Waals surface area contributed by atoms with Crippen LogP contribution < -0.4 is 0 Å². The molecule has 6 nitrogen and oxygen atoms in total. The first-order chi connectivity index (χ1) is 14.4. The van der Waals surface area contributed by atoms with Crippen molar-refractivity contribution >= 4 is 17.9 Å². The molecule has 0 saturated carbocycles. The SMILES string of the molecule is CCCCCCCCC(=O)O.O=C(O)CCCCCCCCCCCCCC(=O)O. The van der Waals surface area contributed by atoms with Crippen LogP contribution in [0, 0.1) is 0 Å². The third-order valence-electron chi connectivity index (χ3n) is 5.03. The van der Waals surface area contributed by atoms with E-state index < -0.39 is 17.9 Å². The molecule has 0 aromatic rings. The van der Waals surface area contributed by atoms with Crippen molar-refractivity contribution in [2.24, 2.45) is 0 Å². The summed E-state index contributed by atoms with van der Waals surface area (Å²) in [5.41, 5.74) is 0. The van der Waals surface area contributed by atoms with Crippen molar-refractivity contribution in [3.63, 3.8) is 0 Å². The summed E-state index contributed by atoms with van der Waals surface area (Å²) in [6.07, 6.45) is 19.9. The maximum absolute atomic E-state index is 10.3. The minimum absolute atomic E-state index is 0.302. The van der Waals surface area contributed by atoms with E-state index in [-0.39, 0.29) is 0 Å². The Morgan fingerprint density at radius 3 is 0.800 bits per heavy atom. The average molecular weight is 431 g/mol. The van der Waals surface area contributed by atoms with Gasteiger partial charge in [-0.2, -0.15) is 0 Å². The fraction of sp³-hybridized carbons (Fsp3) is 0.875. The second-order valence-electron chi connectivity index (χ2n) is 8.09. The summed E-state index contributed by atoms with van der Waals surface area (Å²) in [4.78, 5) is 30.7. The molecule has 3 N–H and O–H groups in total. The van der Waals surface area contributed by atoms with Gasteiger partial charge < -0.3 is 15.3 Å². The molecule has 0 atom stereocenters. The van der Waals surface area contributed by atoms with Gasteiger partial charge in [0, 0.05) is 19.3 Å². The van der Waals surface area contributed by atoms with Crippen molar-refractivity contribution < 1.29 is 29.7 Å². The van der Waals surface area contributed by atoms with Gasteiger partial charge >= 0.3 is 17.9 Å². The maximum Gasteiger partial charge on any atom is 0.303 e. The monoisotopic (exact) mass is 430 g/mol. The summed E-state index contributed by atoms with van der Waals surface area (Å²) >= 11 is 0. The Bertz CT molecular complexity index is 385. The summed E-state index contributed by atoms with van der Waals surface area (Å²) < 4.78 is 0. The first kappa shape index (κ1) is 30.6. The van der Waals surface area contributed by atoms with Crippen molar-refractivity contribution in [1.29, 1.82) is 0 Å². The Morgan fingerprint density at radius 1 is 0.400 bits per heavy atom. The summed E-state index contributed by atoms with van der Waals surface area (Å²) in [5, 5.41) is 25.3. The molecule has 0 saturated heterocycles. The van der Waals surface area contributed by atoms with Crippen LogP contribution >= 0.6 is 0 Å². The number of unbranched alkanes of at least 4 members (excludes halogenated alkanes) is 15. The van der Waals surface area contributed by atoms with Gasteiger partial charge in [0.2, 0.25) is 0 Å². The van der Waals surface area contributed by atoms with Crippen LogP contribution in [-0.4, -0.2) is 33.2 Å². The Hall–Kier alpha value is -1.59. The smallest absolute Gasteiger partial charge is 0.303 e. The molecular weight excluding hydrogens is 384 g/mol. The molecule has 0 aliphatic rings. The number of hydrogen-bond donors (Lipinski definition) is 3. The fourth-order valence-corrected chi connectivity index (χ4v) is 3.20.